The number of rotatable bonds is 5. The standard InChI is InChI=1S/C14H17N3O2S/c1-3-7-17-13(18)5-4-12(15-17)14(19)16(2)9-11-6-8-20-10-11/h4-6,8,10H,3,7,9H2,1-2H3. The molecule has 0 spiro atoms. The largest absolute Gasteiger partial charge is 0.336 e. The minimum Gasteiger partial charge on any atom is -0.336 e. The van der Waals surface area contributed by atoms with Gasteiger partial charge in [0, 0.05) is 26.2 Å². The third kappa shape index (κ3) is 3.33. The molecule has 106 valence electrons. The Bertz CT molecular complexity index is 634. The summed E-state index contributed by atoms with van der Waals surface area (Å²) in [4.78, 5) is 25.5. The van der Waals surface area contributed by atoms with Crippen molar-refractivity contribution >= 4 is 17.2 Å². The highest BCUT2D eigenvalue weighted by atomic mass is 32.1. The second-order valence-corrected chi connectivity index (χ2v) is 5.35. The first-order chi connectivity index (χ1) is 9.61. The van der Waals surface area contributed by atoms with Gasteiger partial charge in [0.1, 0.15) is 5.69 Å². The topological polar surface area (TPSA) is 55.2 Å². The van der Waals surface area contributed by atoms with E-state index < -0.39 is 0 Å². The Kier molecular flexibility index (Phi) is 4.68. The summed E-state index contributed by atoms with van der Waals surface area (Å²) in [6, 6.07) is 4.87. The molecule has 0 aromatic carbocycles. The molecule has 0 saturated heterocycles. The normalized spacial score (nSPS) is 10.5. The Labute approximate surface area is 121 Å². The molecule has 0 radical (unpaired) electrons. The Balaban J connectivity index is 2.16. The van der Waals surface area contributed by atoms with Crippen LogP contribution in [0.25, 0.3) is 0 Å². The van der Waals surface area contributed by atoms with Gasteiger partial charge in [0.05, 0.1) is 0 Å². The Hall–Kier alpha value is -1.95. The summed E-state index contributed by atoms with van der Waals surface area (Å²) < 4.78 is 1.34. The lowest BCUT2D eigenvalue weighted by Crippen LogP contribution is -2.30. The van der Waals surface area contributed by atoms with Crippen LogP contribution in [0.3, 0.4) is 0 Å². The van der Waals surface area contributed by atoms with Crippen LogP contribution in [0.4, 0.5) is 0 Å². The van der Waals surface area contributed by atoms with Gasteiger partial charge < -0.3 is 4.90 Å². The fourth-order valence-corrected chi connectivity index (χ4v) is 2.52. The monoisotopic (exact) mass is 291 g/mol. The van der Waals surface area contributed by atoms with Crippen molar-refractivity contribution in [3.63, 3.8) is 0 Å². The van der Waals surface area contributed by atoms with Crippen LogP contribution in [-0.4, -0.2) is 27.6 Å². The molecule has 1 amide bonds. The number of thiophene rings is 1. The molecule has 20 heavy (non-hydrogen) atoms. The number of hydrogen-bond donors (Lipinski definition) is 0. The molecule has 0 N–H and O–H groups in total. The predicted octanol–water partition coefficient (Wildman–Crippen LogP) is 1.99. The first-order valence-electron chi connectivity index (χ1n) is 6.46. The molecule has 6 heteroatoms. The maximum Gasteiger partial charge on any atom is 0.274 e. The maximum absolute atomic E-state index is 12.3. The molecule has 0 saturated carbocycles. The molecule has 5 nitrogen and oxygen atoms in total. The molecule has 0 atom stereocenters. The molecule has 0 aliphatic carbocycles. The van der Waals surface area contributed by atoms with Crippen LogP contribution in [0.15, 0.2) is 33.8 Å². The van der Waals surface area contributed by atoms with Crippen molar-refractivity contribution in [2.75, 3.05) is 7.05 Å². The van der Waals surface area contributed by atoms with E-state index in [0.29, 0.717) is 18.8 Å². The second kappa shape index (κ2) is 6.47. The first kappa shape index (κ1) is 14.5. The summed E-state index contributed by atoms with van der Waals surface area (Å²) in [5.41, 5.74) is 1.22. The van der Waals surface area contributed by atoms with Crippen molar-refractivity contribution < 1.29 is 4.79 Å². The molecule has 2 aromatic heterocycles. The highest BCUT2D eigenvalue weighted by Crippen LogP contribution is 2.10. The van der Waals surface area contributed by atoms with E-state index >= 15 is 0 Å². The van der Waals surface area contributed by atoms with Gasteiger partial charge in [0.25, 0.3) is 11.5 Å². The Morgan fingerprint density at radius 2 is 2.20 bits per heavy atom. The Morgan fingerprint density at radius 3 is 2.85 bits per heavy atom. The predicted molar refractivity (Wildman–Crippen MR) is 78.9 cm³/mol. The summed E-state index contributed by atoms with van der Waals surface area (Å²) in [5, 5.41) is 8.12. The van der Waals surface area contributed by atoms with Gasteiger partial charge in [-0.15, -0.1) is 0 Å². The molecule has 2 aromatic rings. The fraction of sp³-hybridized carbons (Fsp3) is 0.357. The molecular weight excluding hydrogens is 274 g/mol. The zero-order valence-electron chi connectivity index (χ0n) is 11.6. The molecule has 0 aliphatic rings. The average Bonchev–Trinajstić information content (AvgIpc) is 2.93. The number of aromatic nitrogens is 2. The number of hydrogen-bond acceptors (Lipinski definition) is 4. The summed E-state index contributed by atoms with van der Waals surface area (Å²) in [5.74, 6) is -0.180. The summed E-state index contributed by atoms with van der Waals surface area (Å²) in [7, 11) is 1.73. The van der Waals surface area contributed by atoms with E-state index in [1.54, 1.807) is 23.3 Å². The van der Waals surface area contributed by atoms with E-state index in [4.69, 9.17) is 0 Å². The quantitative estimate of drug-likeness (QED) is 0.846. The van der Waals surface area contributed by atoms with Crippen LogP contribution >= 0.6 is 11.3 Å². The number of carbonyl (C=O) groups excluding carboxylic acids is 1. The minimum atomic E-state index is -0.180. The lowest BCUT2D eigenvalue weighted by atomic mass is 10.3. The van der Waals surface area contributed by atoms with Crippen molar-refractivity contribution in [1.29, 1.82) is 0 Å². The van der Waals surface area contributed by atoms with Gasteiger partial charge >= 0.3 is 0 Å². The van der Waals surface area contributed by atoms with Crippen molar-refractivity contribution in [1.82, 2.24) is 14.7 Å². The minimum absolute atomic E-state index is 0.177. The highest BCUT2D eigenvalue weighted by Gasteiger charge is 2.15. The van der Waals surface area contributed by atoms with Crippen molar-refractivity contribution in [3.05, 3.63) is 50.6 Å². The maximum atomic E-state index is 12.3. The highest BCUT2D eigenvalue weighted by molar-refractivity contribution is 7.07. The van der Waals surface area contributed by atoms with Gasteiger partial charge in [-0.3, -0.25) is 9.59 Å². The average molecular weight is 291 g/mol. The number of amides is 1. The third-order valence-corrected chi connectivity index (χ3v) is 3.60. The molecular formula is C14H17N3O2S. The second-order valence-electron chi connectivity index (χ2n) is 4.57. The van der Waals surface area contributed by atoms with Crippen LogP contribution in [0.5, 0.6) is 0 Å². The number of aryl methyl sites for hydroxylation is 1. The van der Waals surface area contributed by atoms with Gasteiger partial charge in [-0.25, -0.2) is 4.68 Å². The van der Waals surface area contributed by atoms with E-state index in [9.17, 15) is 9.59 Å². The number of carbonyl (C=O) groups is 1. The molecule has 2 rings (SSSR count). The van der Waals surface area contributed by atoms with Crippen LogP contribution in [-0.2, 0) is 13.1 Å². The van der Waals surface area contributed by atoms with E-state index in [0.717, 1.165) is 12.0 Å². The van der Waals surface area contributed by atoms with E-state index in [1.807, 2.05) is 23.8 Å². The van der Waals surface area contributed by atoms with E-state index in [-0.39, 0.29) is 11.5 Å². The van der Waals surface area contributed by atoms with Gasteiger partial charge in [0.15, 0.2) is 0 Å². The zero-order valence-corrected chi connectivity index (χ0v) is 12.4. The van der Waals surface area contributed by atoms with E-state index in [1.165, 1.54) is 16.8 Å². The molecule has 0 aliphatic heterocycles. The van der Waals surface area contributed by atoms with Crippen LogP contribution in [0.1, 0.15) is 29.4 Å². The number of nitrogens with zero attached hydrogens (tertiary/aromatic N) is 3. The van der Waals surface area contributed by atoms with Gasteiger partial charge in [0.2, 0.25) is 0 Å². The van der Waals surface area contributed by atoms with E-state index in [2.05, 4.69) is 5.10 Å². The summed E-state index contributed by atoms with van der Waals surface area (Å²) >= 11 is 1.60. The fourth-order valence-electron chi connectivity index (χ4n) is 1.86. The smallest absolute Gasteiger partial charge is 0.274 e. The van der Waals surface area contributed by atoms with Gasteiger partial charge in [-0.05, 0) is 34.9 Å². The van der Waals surface area contributed by atoms with Crippen LogP contribution in [0, 0.1) is 0 Å². The third-order valence-electron chi connectivity index (χ3n) is 2.87. The molecule has 0 unspecified atom stereocenters. The SMILES string of the molecule is CCCn1nc(C(=O)N(C)Cc2ccsc2)ccc1=O. The first-order valence-corrected chi connectivity index (χ1v) is 7.40. The van der Waals surface area contributed by atoms with Crippen molar-refractivity contribution in [2.45, 2.75) is 26.4 Å². The molecule has 0 fully saturated rings. The Morgan fingerprint density at radius 1 is 1.40 bits per heavy atom. The summed E-state index contributed by atoms with van der Waals surface area (Å²) in [6.07, 6.45) is 0.801. The molecule has 2 heterocycles. The van der Waals surface area contributed by atoms with Gasteiger partial charge in [-0.2, -0.15) is 16.4 Å². The van der Waals surface area contributed by atoms with Crippen molar-refractivity contribution in [2.24, 2.45) is 0 Å². The zero-order chi connectivity index (χ0) is 14.5. The van der Waals surface area contributed by atoms with Gasteiger partial charge in [-0.1, -0.05) is 6.92 Å². The lowest BCUT2D eigenvalue weighted by molar-refractivity contribution is 0.0776. The summed E-state index contributed by atoms with van der Waals surface area (Å²) in [6.45, 7) is 3.02. The van der Waals surface area contributed by atoms with Crippen molar-refractivity contribution in [3.8, 4) is 0 Å². The van der Waals surface area contributed by atoms with Crippen LogP contribution < -0.4 is 5.56 Å². The van der Waals surface area contributed by atoms with Crippen LogP contribution in [0.2, 0.25) is 0 Å². The molecule has 0 bridgehead atoms. The lowest BCUT2D eigenvalue weighted by Gasteiger charge is -2.16.